The van der Waals surface area contributed by atoms with Crippen molar-refractivity contribution in [1.29, 1.82) is 0 Å². The van der Waals surface area contributed by atoms with Crippen LogP contribution >= 0.6 is 0 Å². The van der Waals surface area contributed by atoms with Crippen LogP contribution < -0.4 is 0 Å². The topological polar surface area (TPSA) is 133 Å². The monoisotopic (exact) mass is 403 g/mol. The molecule has 2 amide bonds. The molecule has 1 aromatic heterocycles. The number of hydroxylamine groups is 2. The largest absolute Gasteiger partial charge is 0.340 e. The van der Waals surface area contributed by atoms with Crippen LogP contribution in [-0.2, 0) is 9.59 Å². The molecule has 0 saturated carbocycles. The summed E-state index contributed by atoms with van der Waals surface area (Å²) < 4.78 is 0. The molecule has 1 aliphatic heterocycles. The molecule has 0 aliphatic carbocycles. The van der Waals surface area contributed by atoms with Gasteiger partial charge in [0.1, 0.15) is 5.82 Å². The Balaban J connectivity index is 1.83. The molecule has 10 heteroatoms. The van der Waals surface area contributed by atoms with Gasteiger partial charge in [-0.1, -0.05) is 19.8 Å². The first-order valence-electron chi connectivity index (χ1n) is 9.80. The zero-order chi connectivity index (χ0) is 21.0. The SMILES string of the molecule is CCCC[C@H](CN(O)C=O)C(=O)N1CCCC1c1nc2ccc([N+](=O)[O-])cc2[nH]1. The number of aromatic nitrogens is 2. The van der Waals surface area contributed by atoms with Crippen LogP contribution in [0.25, 0.3) is 11.0 Å². The maximum absolute atomic E-state index is 13.2. The average Bonchev–Trinajstić information content (AvgIpc) is 3.36. The molecule has 0 bridgehead atoms. The third kappa shape index (κ3) is 4.53. The molecule has 1 fully saturated rings. The van der Waals surface area contributed by atoms with Gasteiger partial charge in [-0.2, -0.15) is 0 Å². The molecule has 3 rings (SSSR count). The molecule has 2 aromatic rings. The van der Waals surface area contributed by atoms with Gasteiger partial charge in [-0.3, -0.25) is 24.9 Å². The van der Waals surface area contributed by atoms with Gasteiger partial charge in [-0.15, -0.1) is 0 Å². The van der Waals surface area contributed by atoms with Crippen LogP contribution in [0.2, 0.25) is 0 Å². The van der Waals surface area contributed by atoms with Crippen molar-refractivity contribution in [2.45, 2.75) is 45.1 Å². The van der Waals surface area contributed by atoms with Crippen molar-refractivity contribution in [2.75, 3.05) is 13.1 Å². The highest BCUT2D eigenvalue weighted by Gasteiger charge is 2.36. The Morgan fingerprint density at radius 2 is 2.34 bits per heavy atom. The maximum atomic E-state index is 13.2. The van der Waals surface area contributed by atoms with Gasteiger partial charge in [0.25, 0.3) is 5.69 Å². The lowest BCUT2D eigenvalue weighted by Crippen LogP contribution is -2.40. The highest BCUT2D eigenvalue weighted by molar-refractivity contribution is 5.81. The van der Waals surface area contributed by atoms with Gasteiger partial charge in [-0.25, -0.2) is 10.0 Å². The number of carbonyl (C=O) groups excluding carboxylic acids is 2. The number of nitro groups is 1. The van der Waals surface area contributed by atoms with Gasteiger partial charge in [-0.05, 0) is 25.3 Å². The van der Waals surface area contributed by atoms with Crippen molar-refractivity contribution < 1.29 is 19.7 Å². The molecule has 10 nitrogen and oxygen atoms in total. The molecular formula is C19H25N5O5. The normalized spacial score (nSPS) is 17.4. The molecule has 0 radical (unpaired) electrons. The first kappa shape index (κ1) is 20.7. The Morgan fingerprint density at radius 3 is 3.03 bits per heavy atom. The zero-order valence-corrected chi connectivity index (χ0v) is 16.3. The number of aromatic amines is 1. The van der Waals surface area contributed by atoms with Gasteiger partial charge < -0.3 is 9.88 Å². The highest BCUT2D eigenvalue weighted by atomic mass is 16.6. The van der Waals surface area contributed by atoms with Crippen molar-refractivity contribution in [3.8, 4) is 0 Å². The third-order valence-electron chi connectivity index (χ3n) is 5.33. The number of nitrogens with zero attached hydrogens (tertiary/aromatic N) is 4. The second-order valence-electron chi connectivity index (χ2n) is 7.34. The Hall–Kier alpha value is -3.01. The van der Waals surface area contributed by atoms with E-state index in [1.165, 1.54) is 12.1 Å². The lowest BCUT2D eigenvalue weighted by atomic mass is 9.99. The van der Waals surface area contributed by atoms with Crippen molar-refractivity contribution >= 4 is 29.0 Å². The lowest BCUT2D eigenvalue weighted by molar-refractivity contribution is -0.384. The van der Waals surface area contributed by atoms with E-state index in [0.717, 1.165) is 25.7 Å². The van der Waals surface area contributed by atoms with E-state index in [0.29, 0.717) is 41.3 Å². The van der Waals surface area contributed by atoms with E-state index in [-0.39, 0.29) is 24.2 Å². The molecule has 1 unspecified atom stereocenters. The number of nitrogens with one attached hydrogen (secondary N) is 1. The van der Waals surface area contributed by atoms with E-state index in [2.05, 4.69) is 9.97 Å². The number of carbonyl (C=O) groups is 2. The number of fused-ring (bicyclic) bond motifs is 1. The summed E-state index contributed by atoms with van der Waals surface area (Å²) in [5.41, 5.74) is 1.14. The summed E-state index contributed by atoms with van der Waals surface area (Å²) in [6.07, 6.45) is 4.14. The van der Waals surface area contributed by atoms with Crippen molar-refractivity contribution in [3.63, 3.8) is 0 Å². The smallest absolute Gasteiger partial charge is 0.271 e. The number of H-pyrrole nitrogens is 1. The van der Waals surface area contributed by atoms with Crippen LogP contribution in [0.5, 0.6) is 0 Å². The number of benzene rings is 1. The van der Waals surface area contributed by atoms with Gasteiger partial charge in [0, 0.05) is 18.7 Å². The summed E-state index contributed by atoms with van der Waals surface area (Å²) in [5.74, 6) is -0.0127. The molecule has 0 spiro atoms. The summed E-state index contributed by atoms with van der Waals surface area (Å²) >= 11 is 0. The van der Waals surface area contributed by atoms with Gasteiger partial charge in [0.15, 0.2) is 0 Å². The second kappa shape index (κ2) is 8.99. The Morgan fingerprint density at radius 1 is 1.55 bits per heavy atom. The maximum Gasteiger partial charge on any atom is 0.271 e. The summed E-state index contributed by atoms with van der Waals surface area (Å²) in [6, 6.07) is 4.17. The van der Waals surface area contributed by atoms with E-state index in [4.69, 9.17) is 0 Å². The molecule has 2 heterocycles. The fourth-order valence-electron chi connectivity index (χ4n) is 3.85. The van der Waals surface area contributed by atoms with Crippen LogP contribution in [-0.4, -0.2) is 55.5 Å². The highest BCUT2D eigenvalue weighted by Crippen LogP contribution is 2.34. The number of hydrogen-bond donors (Lipinski definition) is 2. The number of nitro benzene ring substituents is 1. The van der Waals surface area contributed by atoms with Crippen LogP contribution in [0, 0.1) is 16.0 Å². The van der Waals surface area contributed by atoms with Gasteiger partial charge in [0.05, 0.1) is 34.5 Å². The minimum atomic E-state index is -0.490. The quantitative estimate of drug-likeness (QED) is 0.286. The van der Waals surface area contributed by atoms with E-state index < -0.39 is 10.8 Å². The van der Waals surface area contributed by atoms with E-state index in [1.54, 1.807) is 11.0 Å². The zero-order valence-electron chi connectivity index (χ0n) is 16.3. The molecule has 1 saturated heterocycles. The fourth-order valence-corrected chi connectivity index (χ4v) is 3.85. The summed E-state index contributed by atoms with van der Waals surface area (Å²) in [6.45, 7) is 2.54. The average molecular weight is 403 g/mol. The fraction of sp³-hybridized carbons (Fsp3) is 0.526. The van der Waals surface area contributed by atoms with Crippen LogP contribution in [0.15, 0.2) is 18.2 Å². The molecule has 156 valence electrons. The predicted molar refractivity (Wildman–Crippen MR) is 104 cm³/mol. The molecule has 2 N–H and O–H groups in total. The minimum absolute atomic E-state index is 0.0245. The number of imidazole rings is 1. The van der Waals surface area contributed by atoms with E-state index in [1.807, 2.05) is 6.92 Å². The second-order valence-corrected chi connectivity index (χ2v) is 7.34. The third-order valence-corrected chi connectivity index (χ3v) is 5.33. The summed E-state index contributed by atoms with van der Waals surface area (Å²) in [7, 11) is 0. The Labute approximate surface area is 167 Å². The van der Waals surface area contributed by atoms with Crippen molar-refractivity contribution in [1.82, 2.24) is 19.9 Å². The Kier molecular flexibility index (Phi) is 6.42. The number of unbranched alkanes of at least 4 members (excludes halogenated alkanes) is 1. The molecule has 1 aliphatic rings. The molecule has 2 atom stereocenters. The summed E-state index contributed by atoms with van der Waals surface area (Å²) in [5, 5.41) is 21.1. The van der Waals surface area contributed by atoms with Crippen LogP contribution in [0.1, 0.15) is 50.9 Å². The van der Waals surface area contributed by atoms with Crippen LogP contribution in [0.4, 0.5) is 5.69 Å². The number of likely N-dealkylation sites (tertiary alicyclic amines) is 1. The van der Waals surface area contributed by atoms with Gasteiger partial charge >= 0.3 is 0 Å². The molecule has 1 aromatic carbocycles. The Bertz CT molecular complexity index is 898. The van der Waals surface area contributed by atoms with E-state index in [9.17, 15) is 24.9 Å². The van der Waals surface area contributed by atoms with Crippen molar-refractivity contribution in [2.24, 2.45) is 5.92 Å². The minimum Gasteiger partial charge on any atom is -0.340 e. The number of non-ortho nitro benzene ring substituents is 1. The van der Waals surface area contributed by atoms with Crippen LogP contribution in [0.3, 0.4) is 0 Å². The predicted octanol–water partition coefficient (Wildman–Crippen LogP) is 2.79. The molecule has 29 heavy (non-hydrogen) atoms. The summed E-state index contributed by atoms with van der Waals surface area (Å²) in [4.78, 5) is 43.9. The van der Waals surface area contributed by atoms with E-state index >= 15 is 0 Å². The lowest BCUT2D eigenvalue weighted by Gasteiger charge is -2.29. The first-order valence-corrected chi connectivity index (χ1v) is 9.80. The number of amides is 2. The molecular weight excluding hydrogens is 378 g/mol. The first-order chi connectivity index (χ1) is 13.9. The standard InChI is InChI=1S/C19H25N5O5/c1-2-3-5-13(11-22(27)12-25)19(26)23-9-4-6-17(23)18-20-15-8-7-14(24(28)29)10-16(15)21-18/h7-8,10,12-13,17,27H,2-6,9,11H2,1H3,(H,20,21)/t13-,17?/m1/s1. The number of hydrogen-bond acceptors (Lipinski definition) is 6. The van der Waals surface area contributed by atoms with Crippen molar-refractivity contribution in [3.05, 3.63) is 34.1 Å². The van der Waals surface area contributed by atoms with Gasteiger partial charge in [0.2, 0.25) is 12.3 Å². The number of rotatable bonds is 9.